The van der Waals surface area contributed by atoms with Gasteiger partial charge in [0.15, 0.2) is 0 Å². The van der Waals surface area contributed by atoms with Gasteiger partial charge in [-0.05, 0) is 42.7 Å². The Labute approximate surface area is 110 Å². The monoisotopic (exact) mass is 264 g/mol. The highest BCUT2D eigenvalue weighted by molar-refractivity contribution is 6.32. The number of aryl methyl sites for hydroxylation is 2. The van der Waals surface area contributed by atoms with E-state index in [0.29, 0.717) is 23.0 Å². The molecular formula is C13H10Cl2N2. The molecule has 0 N–H and O–H groups in total. The molecule has 17 heavy (non-hydrogen) atoms. The maximum absolute atomic E-state index is 8.59. The number of nitrogens with zero attached hydrogens (tertiary/aromatic N) is 2. The first-order chi connectivity index (χ1) is 8.11. The van der Waals surface area contributed by atoms with Gasteiger partial charge < -0.3 is 0 Å². The van der Waals surface area contributed by atoms with E-state index < -0.39 is 0 Å². The van der Waals surface area contributed by atoms with Crippen LogP contribution >= 0.6 is 23.2 Å². The van der Waals surface area contributed by atoms with Gasteiger partial charge in [0.1, 0.15) is 5.15 Å². The van der Waals surface area contributed by atoms with Crippen LogP contribution in [0.25, 0.3) is 10.9 Å². The van der Waals surface area contributed by atoms with Gasteiger partial charge in [0, 0.05) is 16.8 Å². The van der Waals surface area contributed by atoms with Crippen molar-refractivity contribution in [2.24, 2.45) is 0 Å². The van der Waals surface area contributed by atoms with Crippen LogP contribution in [-0.2, 0) is 6.42 Å². The lowest BCUT2D eigenvalue weighted by Crippen LogP contribution is -1.92. The SMILES string of the molecule is Cc1cc(Cl)cc2cc(CCC#N)c(Cl)nc12. The van der Waals surface area contributed by atoms with Gasteiger partial charge in [-0.25, -0.2) is 4.98 Å². The molecule has 1 heterocycles. The van der Waals surface area contributed by atoms with Crippen LogP contribution in [0.3, 0.4) is 0 Å². The van der Waals surface area contributed by atoms with Crippen molar-refractivity contribution in [2.75, 3.05) is 0 Å². The second-order valence-corrected chi connectivity index (χ2v) is 4.69. The van der Waals surface area contributed by atoms with Crippen molar-refractivity contribution in [1.82, 2.24) is 4.98 Å². The van der Waals surface area contributed by atoms with E-state index >= 15 is 0 Å². The second kappa shape index (κ2) is 4.91. The average molecular weight is 265 g/mol. The molecule has 2 aromatic rings. The Morgan fingerprint density at radius 2 is 2.06 bits per heavy atom. The lowest BCUT2D eigenvalue weighted by atomic mass is 10.1. The molecule has 0 aliphatic heterocycles. The molecule has 0 spiro atoms. The fourth-order valence-corrected chi connectivity index (χ4v) is 2.32. The second-order valence-electron chi connectivity index (χ2n) is 3.89. The normalized spacial score (nSPS) is 10.5. The van der Waals surface area contributed by atoms with Gasteiger partial charge in [0.2, 0.25) is 0 Å². The van der Waals surface area contributed by atoms with E-state index in [-0.39, 0.29) is 0 Å². The largest absolute Gasteiger partial charge is 0.236 e. The Balaban J connectivity index is 2.60. The molecule has 1 aromatic carbocycles. The topological polar surface area (TPSA) is 36.7 Å². The maximum Gasteiger partial charge on any atom is 0.133 e. The summed E-state index contributed by atoms with van der Waals surface area (Å²) in [6.45, 7) is 1.95. The molecule has 2 nitrogen and oxygen atoms in total. The third-order valence-electron chi connectivity index (χ3n) is 2.61. The minimum absolute atomic E-state index is 0.437. The summed E-state index contributed by atoms with van der Waals surface area (Å²) in [6, 6.07) is 7.79. The lowest BCUT2D eigenvalue weighted by molar-refractivity contribution is 1.00. The van der Waals surface area contributed by atoms with E-state index in [2.05, 4.69) is 11.1 Å². The molecule has 0 saturated heterocycles. The van der Waals surface area contributed by atoms with E-state index in [4.69, 9.17) is 28.5 Å². The van der Waals surface area contributed by atoms with E-state index in [1.807, 2.05) is 25.1 Å². The predicted molar refractivity (Wildman–Crippen MR) is 70.4 cm³/mol. The lowest BCUT2D eigenvalue weighted by Gasteiger charge is -2.07. The highest BCUT2D eigenvalue weighted by Gasteiger charge is 2.07. The van der Waals surface area contributed by atoms with E-state index in [1.165, 1.54) is 0 Å². The number of halogens is 2. The van der Waals surface area contributed by atoms with Gasteiger partial charge in [-0.1, -0.05) is 23.2 Å². The highest BCUT2D eigenvalue weighted by Crippen LogP contribution is 2.26. The zero-order valence-electron chi connectivity index (χ0n) is 9.30. The van der Waals surface area contributed by atoms with Crippen molar-refractivity contribution in [3.05, 3.63) is 39.5 Å². The summed E-state index contributed by atoms with van der Waals surface area (Å²) in [5.41, 5.74) is 2.75. The van der Waals surface area contributed by atoms with Crippen LogP contribution < -0.4 is 0 Å². The van der Waals surface area contributed by atoms with Crippen LogP contribution in [0.4, 0.5) is 0 Å². The fourth-order valence-electron chi connectivity index (χ4n) is 1.81. The van der Waals surface area contributed by atoms with Crippen molar-refractivity contribution in [3.63, 3.8) is 0 Å². The number of nitriles is 1. The van der Waals surface area contributed by atoms with Crippen molar-refractivity contribution in [1.29, 1.82) is 5.26 Å². The van der Waals surface area contributed by atoms with Gasteiger partial charge in [0.05, 0.1) is 11.6 Å². The van der Waals surface area contributed by atoms with Crippen LogP contribution in [0, 0.1) is 18.3 Å². The molecule has 2 rings (SSSR count). The molecule has 0 saturated carbocycles. The zero-order valence-corrected chi connectivity index (χ0v) is 10.8. The summed E-state index contributed by atoms with van der Waals surface area (Å²) in [4.78, 5) is 4.37. The summed E-state index contributed by atoms with van der Waals surface area (Å²) >= 11 is 12.1. The van der Waals surface area contributed by atoms with Crippen LogP contribution in [0.2, 0.25) is 10.2 Å². The predicted octanol–water partition coefficient (Wildman–Crippen LogP) is 4.31. The van der Waals surface area contributed by atoms with Gasteiger partial charge in [-0.3, -0.25) is 0 Å². The number of aromatic nitrogens is 1. The molecule has 0 amide bonds. The van der Waals surface area contributed by atoms with Crippen molar-refractivity contribution in [2.45, 2.75) is 19.8 Å². The molecule has 86 valence electrons. The molecular weight excluding hydrogens is 255 g/mol. The van der Waals surface area contributed by atoms with E-state index in [0.717, 1.165) is 22.0 Å². The number of fused-ring (bicyclic) bond motifs is 1. The zero-order chi connectivity index (χ0) is 12.4. The smallest absolute Gasteiger partial charge is 0.133 e. The Kier molecular flexibility index (Phi) is 3.51. The minimum atomic E-state index is 0.437. The van der Waals surface area contributed by atoms with Gasteiger partial charge in [0.25, 0.3) is 0 Å². The molecule has 0 aliphatic rings. The summed E-state index contributed by atoms with van der Waals surface area (Å²) < 4.78 is 0. The summed E-state index contributed by atoms with van der Waals surface area (Å²) in [5, 5.41) is 10.7. The van der Waals surface area contributed by atoms with Crippen molar-refractivity contribution < 1.29 is 0 Å². The van der Waals surface area contributed by atoms with Crippen molar-refractivity contribution >= 4 is 34.1 Å². The molecule has 0 unspecified atom stereocenters. The van der Waals surface area contributed by atoms with Gasteiger partial charge in [-0.15, -0.1) is 0 Å². The molecule has 0 atom stereocenters. The first-order valence-electron chi connectivity index (χ1n) is 5.24. The summed E-state index contributed by atoms with van der Waals surface area (Å²) in [7, 11) is 0. The molecule has 1 aromatic heterocycles. The van der Waals surface area contributed by atoms with Crippen LogP contribution in [0.5, 0.6) is 0 Å². The van der Waals surface area contributed by atoms with Crippen LogP contribution in [0.1, 0.15) is 17.5 Å². The van der Waals surface area contributed by atoms with Crippen molar-refractivity contribution in [3.8, 4) is 6.07 Å². The molecule has 0 fully saturated rings. The fraction of sp³-hybridized carbons (Fsp3) is 0.231. The first-order valence-corrected chi connectivity index (χ1v) is 5.99. The molecule has 0 radical (unpaired) electrons. The van der Waals surface area contributed by atoms with Crippen LogP contribution in [0.15, 0.2) is 18.2 Å². The van der Waals surface area contributed by atoms with E-state index in [1.54, 1.807) is 0 Å². The van der Waals surface area contributed by atoms with Gasteiger partial charge in [-0.2, -0.15) is 5.26 Å². The maximum atomic E-state index is 8.59. The van der Waals surface area contributed by atoms with E-state index in [9.17, 15) is 0 Å². The average Bonchev–Trinajstić information content (AvgIpc) is 2.27. The number of rotatable bonds is 2. The number of hydrogen-bond donors (Lipinski definition) is 0. The quantitative estimate of drug-likeness (QED) is 0.759. The molecule has 0 aliphatic carbocycles. The van der Waals surface area contributed by atoms with Crippen LogP contribution in [-0.4, -0.2) is 4.98 Å². The minimum Gasteiger partial charge on any atom is -0.236 e. The summed E-state index contributed by atoms with van der Waals surface area (Å²) in [5.74, 6) is 0. The third kappa shape index (κ3) is 2.52. The standard InChI is InChI=1S/C13H10Cl2N2/c1-8-5-11(14)7-10-6-9(3-2-4-16)13(15)17-12(8)10/h5-7H,2-3H2,1H3. The molecule has 0 bridgehead atoms. The van der Waals surface area contributed by atoms with Gasteiger partial charge >= 0.3 is 0 Å². The Hall–Kier alpha value is -1.30. The molecule has 4 heteroatoms. The number of pyridine rings is 1. The Bertz CT molecular complexity index is 615. The number of hydrogen-bond acceptors (Lipinski definition) is 2. The number of benzene rings is 1. The summed E-state index contributed by atoms with van der Waals surface area (Å²) in [6.07, 6.45) is 1.05. The first kappa shape index (κ1) is 12.2. The highest BCUT2D eigenvalue weighted by atomic mass is 35.5. The third-order valence-corrected chi connectivity index (χ3v) is 3.15. The Morgan fingerprint density at radius 3 is 2.76 bits per heavy atom. The Morgan fingerprint density at radius 1 is 1.29 bits per heavy atom.